The van der Waals surface area contributed by atoms with Crippen LogP contribution in [0.3, 0.4) is 0 Å². The van der Waals surface area contributed by atoms with E-state index in [4.69, 9.17) is 11.6 Å². The third-order valence-corrected chi connectivity index (χ3v) is 3.63. The average molecular weight is 317 g/mol. The zero-order valence-electron chi connectivity index (χ0n) is 12.9. The highest BCUT2D eigenvalue weighted by atomic mass is 35.5. The fourth-order valence-corrected chi connectivity index (χ4v) is 2.34. The highest BCUT2D eigenvalue weighted by Gasteiger charge is 2.08. The predicted molar refractivity (Wildman–Crippen MR) is 93.7 cm³/mol. The Morgan fingerprint density at radius 1 is 1.09 bits per heavy atom. The van der Waals surface area contributed by atoms with Gasteiger partial charge in [0.1, 0.15) is 0 Å². The molecule has 0 aliphatic rings. The number of nitrogens with one attached hydrogen (secondary N) is 2. The van der Waals surface area contributed by atoms with Crippen molar-refractivity contribution in [2.45, 2.75) is 26.2 Å². The summed E-state index contributed by atoms with van der Waals surface area (Å²) in [5.41, 5.74) is 3.01. The summed E-state index contributed by atoms with van der Waals surface area (Å²) in [7, 11) is 0. The molecule has 0 aliphatic heterocycles. The number of anilines is 2. The van der Waals surface area contributed by atoms with E-state index in [1.807, 2.05) is 48.5 Å². The summed E-state index contributed by atoms with van der Waals surface area (Å²) in [5, 5.41) is 6.90. The summed E-state index contributed by atoms with van der Waals surface area (Å²) in [6.45, 7) is 4.82. The van der Waals surface area contributed by atoms with Gasteiger partial charge < -0.3 is 10.6 Å². The largest absolute Gasteiger partial charge is 0.385 e. The first-order valence-corrected chi connectivity index (χ1v) is 7.82. The van der Waals surface area contributed by atoms with E-state index >= 15 is 0 Å². The van der Waals surface area contributed by atoms with Crippen LogP contribution in [-0.4, -0.2) is 12.5 Å². The molecular formula is C18H21ClN2O. The minimum absolute atomic E-state index is 0.00886. The second-order valence-electron chi connectivity index (χ2n) is 5.47. The maximum atomic E-state index is 12.1. The fraction of sp³-hybridized carbons (Fsp3) is 0.278. The Morgan fingerprint density at radius 3 is 2.45 bits per heavy atom. The molecule has 2 aromatic carbocycles. The molecule has 0 saturated carbocycles. The molecule has 4 heteroatoms. The van der Waals surface area contributed by atoms with Gasteiger partial charge in [0.05, 0.1) is 0 Å². The molecule has 0 radical (unpaired) electrons. The highest BCUT2D eigenvalue weighted by molar-refractivity contribution is 6.30. The van der Waals surface area contributed by atoms with Gasteiger partial charge in [-0.15, -0.1) is 0 Å². The Bertz CT molecular complexity index is 623. The minimum atomic E-state index is 0.00886. The van der Waals surface area contributed by atoms with Crippen molar-refractivity contribution in [3.8, 4) is 0 Å². The van der Waals surface area contributed by atoms with Crippen molar-refractivity contribution in [1.29, 1.82) is 0 Å². The molecule has 2 aromatic rings. The first-order chi connectivity index (χ1) is 10.6. The lowest BCUT2D eigenvalue weighted by atomic mass is 10.0. The first-order valence-electron chi connectivity index (χ1n) is 7.44. The van der Waals surface area contributed by atoms with Gasteiger partial charge in [0, 0.05) is 29.4 Å². The minimum Gasteiger partial charge on any atom is -0.385 e. The van der Waals surface area contributed by atoms with Crippen LogP contribution in [-0.2, 0) is 4.79 Å². The van der Waals surface area contributed by atoms with Crippen molar-refractivity contribution in [2.75, 3.05) is 17.2 Å². The molecule has 0 bridgehead atoms. The van der Waals surface area contributed by atoms with E-state index in [1.54, 1.807) is 0 Å². The van der Waals surface area contributed by atoms with Crippen molar-refractivity contribution >= 4 is 28.9 Å². The number of amides is 1. The van der Waals surface area contributed by atoms with Gasteiger partial charge in [-0.3, -0.25) is 4.79 Å². The zero-order chi connectivity index (χ0) is 15.9. The summed E-state index contributed by atoms with van der Waals surface area (Å²) < 4.78 is 0. The Labute approximate surface area is 136 Å². The van der Waals surface area contributed by atoms with Gasteiger partial charge in [-0.25, -0.2) is 0 Å². The van der Waals surface area contributed by atoms with E-state index in [0.29, 0.717) is 23.9 Å². The van der Waals surface area contributed by atoms with Crippen molar-refractivity contribution < 1.29 is 4.79 Å². The van der Waals surface area contributed by atoms with Crippen LogP contribution < -0.4 is 10.6 Å². The lowest BCUT2D eigenvalue weighted by Gasteiger charge is -2.14. The van der Waals surface area contributed by atoms with Crippen molar-refractivity contribution in [3.63, 3.8) is 0 Å². The molecule has 116 valence electrons. The molecule has 22 heavy (non-hydrogen) atoms. The maximum Gasteiger partial charge on any atom is 0.226 e. The summed E-state index contributed by atoms with van der Waals surface area (Å²) in [5.74, 6) is 0.387. The summed E-state index contributed by atoms with van der Waals surface area (Å²) in [6.07, 6.45) is 0.412. The molecule has 2 N–H and O–H groups in total. The molecule has 0 unspecified atom stereocenters. The maximum absolute atomic E-state index is 12.1. The average Bonchev–Trinajstić information content (AvgIpc) is 2.49. The SMILES string of the molecule is CC(C)c1ccccc1NC(=O)CCNc1ccc(Cl)cc1. The van der Waals surface area contributed by atoms with Crippen LogP contribution in [0.4, 0.5) is 11.4 Å². The normalized spacial score (nSPS) is 10.5. The Kier molecular flexibility index (Phi) is 5.84. The molecule has 0 aromatic heterocycles. The van der Waals surface area contributed by atoms with E-state index in [0.717, 1.165) is 16.9 Å². The number of carbonyl (C=O) groups is 1. The molecule has 0 heterocycles. The van der Waals surface area contributed by atoms with Crippen LogP contribution in [0.2, 0.25) is 5.02 Å². The van der Waals surface area contributed by atoms with E-state index in [2.05, 4.69) is 24.5 Å². The lowest BCUT2D eigenvalue weighted by molar-refractivity contribution is -0.115. The number of rotatable bonds is 6. The summed E-state index contributed by atoms with van der Waals surface area (Å²) in [6, 6.07) is 15.4. The lowest BCUT2D eigenvalue weighted by Crippen LogP contribution is -2.17. The third kappa shape index (κ3) is 4.78. The fourth-order valence-electron chi connectivity index (χ4n) is 2.22. The van der Waals surface area contributed by atoms with E-state index < -0.39 is 0 Å². The number of para-hydroxylation sites is 1. The summed E-state index contributed by atoms with van der Waals surface area (Å²) in [4.78, 5) is 12.1. The second kappa shape index (κ2) is 7.85. The van der Waals surface area contributed by atoms with Crippen molar-refractivity contribution in [1.82, 2.24) is 0 Å². The Balaban J connectivity index is 1.84. The van der Waals surface area contributed by atoms with Gasteiger partial charge in [-0.2, -0.15) is 0 Å². The number of carbonyl (C=O) groups excluding carboxylic acids is 1. The molecule has 0 saturated heterocycles. The van der Waals surface area contributed by atoms with Gasteiger partial charge in [0.2, 0.25) is 5.91 Å². The molecule has 0 spiro atoms. The third-order valence-electron chi connectivity index (χ3n) is 3.38. The molecule has 2 rings (SSSR count). The highest BCUT2D eigenvalue weighted by Crippen LogP contribution is 2.23. The van der Waals surface area contributed by atoms with Crippen LogP contribution in [0.5, 0.6) is 0 Å². The number of halogens is 1. The molecular weight excluding hydrogens is 296 g/mol. The molecule has 0 aliphatic carbocycles. The van der Waals surface area contributed by atoms with E-state index in [1.165, 1.54) is 0 Å². The van der Waals surface area contributed by atoms with Crippen LogP contribution in [0.15, 0.2) is 48.5 Å². The van der Waals surface area contributed by atoms with Crippen LogP contribution in [0.1, 0.15) is 31.7 Å². The standard InChI is InChI=1S/C18H21ClN2O/c1-13(2)16-5-3-4-6-17(16)21-18(22)11-12-20-15-9-7-14(19)8-10-15/h3-10,13,20H,11-12H2,1-2H3,(H,21,22). The predicted octanol–water partition coefficient (Wildman–Crippen LogP) is 4.90. The van der Waals surface area contributed by atoms with Gasteiger partial charge in [0.25, 0.3) is 0 Å². The monoisotopic (exact) mass is 316 g/mol. The number of benzene rings is 2. The molecule has 3 nitrogen and oxygen atoms in total. The van der Waals surface area contributed by atoms with Crippen LogP contribution >= 0.6 is 11.6 Å². The van der Waals surface area contributed by atoms with E-state index in [9.17, 15) is 4.79 Å². The second-order valence-corrected chi connectivity index (χ2v) is 5.91. The van der Waals surface area contributed by atoms with Gasteiger partial charge in [-0.05, 0) is 41.8 Å². The van der Waals surface area contributed by atoms with Crippen LogP contribution in [0.25, 0.3) is 0 Å². The molecule has 0 atom stereocenters. The molecule has 0 fully saturated rings. The number of hydrogen-bond acceptors (Lipinski definition) is 2. The van der Waals surface area contributed by atoms with E-state index in [-0.39, 0.29) is 5.91 Å². The quantitative estimate of drug-likeness (QED) is 0.795. The first kappa shape index (κ1) is 16.4. The smallest absolute Gasteiger partial charge is 0.226 e. The van der Waals surface area contributed by atoms with Gasteiger partial charge in [-0.1, -0.05) is 43.6 Å². The van der Waals surface area contributed by atoms with Crippen LogP contribution in [0, 0.1) is 0 Å². The number of hydrogen-bond donors (Lipinski definition) is 2. The van der Waals surface area contributed by atoms with Gasteiger partial charge >= 0.3 is 0 Å². The summed E-state index contributed by atoms with van der Waals surface area (Å²) >= 11 is 5.83. The van der Waals surface area contributed by atoms with Crippen molar-refractivity contribution in [2.24, 2.45) is 0 Å². The topological polar surface area (TPSA) is 41.1 Å². The van der Waals surface area contributed by atoms with Gasteiger partial charge in [0.15, 0.2) is 0 Å². The zero-order valence-corrected chi connectivity index (χ0v) is 13.7. The Hall–Kier alpha value is -2.00. The molecule has 1 amide bonds. The van der Waals surface area contributed by atoms with Crippen molar-refractivity contribution in [3.05, 3.63) is 59.1 Å². The Morgan fingerprint density at radius 2 is 1.77 bits per heavy atom.